The number of hydrogen-bond acceptors (Lipinski definition) is 7. The van der Waals surface area contributed by atoms with E-state index in [9.17, 15) is 4.79 Å². The molecule has 8 heteroatoms. The molecule has 1 unspecified atom stereocenters. The van der Waals surface area contributed by atoms with Crippen LogP contribution in [0, 0.1) is 13.8 Å². The van der Waals surface area contributed by atoms with Gasteiger partial charge in [-0.15, -0.1) is 0 Å². The Morgan fingerprint density at radius 1 is 1.02 bits per heavy atom. The van der Waals surface area contributed by atoms with E-state index < -0.39 is 0 Å². The molecule has 6 rings (SSSR count). The zero-order valence-electron chi connectivity index (χ0n) is 25.7. The smallest absolute Gasteiger partial charge is 0.257 e. The lowest BCUT2D eigenvalue weighted by atomic mass is 9.86. The summed E-state index contributed by atoms with van der Waals surface area (Å²) < 4.78 is 6.38. The molecule has 42 heavy (non-hydrogen) atoms. The Morgan fingerprint density at radius 2 is 1.79 bits per heavy atom. The van der Waals surface area contributed by atoms with Gasteiger partial charge in [-0.3, -0.25) is 19.6 Å². The lowest BCUT2D eigenvalue weighted by Gasteiger charge is -2.53. The summed E-state index contributed by atoms with van der Waals surface area (Å²) in [7, 11) is 0. The fraction of sp³-hybridized carbons (Fsp3) is 0.529. The number of carbonyl (C=O) groups is 1. The lowest BCUT2D eigenvalue weighted by molar-refractivity contribution is -0.0630. The average molecular weight is 569 g/mol. The van der Waals surface area contributed by atoms with Gasteiger partial charge in [0.15, 0.2) is 0 Å². The molecule has 3 aliphatic rings. The second-order valence-electron chi connectivity index (χ2n) is 12.5. The Morgan fingerprint density at radius 3 is 2.45 bits per heavy atom. The Balaban J connectivity index is 1.14. The van der Waals surface area contributed by atoms with Gasteiger partial charge in [-0.25, -0.2) is 9.97 Å². The molecule has 1 amide bonds. The number of aryl methyl sites for hydroxylation is 2. The van der Waals surface area contributed by atoms with E-state index in [2.05, 4.69) is 69.8 Å². The van der Waals surface area contributed by atoms with Crippen LogP contribution in [0.3, 0.4) is 0 Å². The number of hydrogen-bond donors (Lipinski definition) is 0. The van der Waals surface area contributed by atoms with E-state index in [4.69, 9.17) is 4.74 Å². The topological polar surface area (TPSA) is 74.7 Å². The van der Waals surface area contributed by atoms with Crippen molar-refractivity contribution in [3.8, 4) is 11.3 Å². The van der Waals surface area contributed by atoms with Gasteiger partial charge in [0.05, 0.1) is 34.8 Å². The summed E-state index contributed by atoms with van der Waals surface area (Å²) >= 11 is 0. The maximum Gasteiger partial charge on any atom is 0.257 e. The van der Waals surface area contributed by atoms with Crippen LogP contribution < -0.4 is 0 Å². The van der Waals surface area contributed by atoms with Crippen molar-refractivity contribution < 1.29 is 9.53 Å². The highest BCUT2D eigenvalue weighted by Crippen LogP contribution is 2.42. The molecular weight excluding hydrogens is 524 g/mol. The number of rotatable bonds is 6. The number of pyridine rings is 1. The quantitative estimate of drug-likeness (QED) is 0.421. The zero-order valence-corrected chi connectivity index (χ0v) is 25.7. The van der Waals surface area contributed by atoms with E-state index in [1.54, 1.807) is 0 Å². The third-order valence-corrected chi connectivity index (χ3v) is 9.94. The third-order valence-electron chi connectivity index (χ3n) is 9.94. The number of aromatic nitrogens is 3. The molecule has 2 saturated heterocycles. The standard InChI is InChI=1S/C34H44N6O2/c1-6-42-30-20-27-19-26(29-9-7-8-14-35-29)10-11-28(27)32(30)40-18-17-39(21-23(40)2)34(5)12-15-38(16-13-34)33(41)31-24(3)36-22-37-25(31)4/h7-11,14,19,22-23,30,32H,6,12-13,15-18,20-21H2,1-5H3/t23-,30+,32?/m0/s1. The number of fused-ring (bicyclic) bond motifs is 1. The van der Waals surface area contributed by atoms with Gasteiger partial charge in [0.25, 0.3) is 5.91 Å². The molecule has 0 spiro atoms. The van der Waals surface area contributed by atoms with Crippen molar-refractivity contribution in [3.63, 3.8) is 0 Å². The summed E-state index contributed by atoms with van der Waals surface area (Å²) in [6.45, 7) is 16.0. The van der Waals surface area contributed by atoms with E-state index >= 15 is 0 Å². The lowest BCUT2D eigenvalue weighted by Crippen LogP contribution is -2.62. The Bertz CT molecular complexity index is 1400. The Labute approximate surface area is 250 Å². The number of benzene rings is 1. The molecule has 2 fully saturated rings. The molecule has 2 aromatic heterocycles. The van der Waals surface area contributed by atoms with Crippen LogP contribution in [0.2, 0.25) is 0 Å². The summed E-state index contributed by atoms with van der Waals surface area (Å²) in [5, 5.41) is 0. The van der Waals surface area contributed by atoms with Gasteiger partial charge in [-0.1, -0.05) is 18.2 Å². The first-order chi connectivity index (χ1) is 20.3. The molecule has 3 aromatic rings. The van der Waals surface area contributed by atoms with E-state index in [1.807, 2.05) is 37.1 Å². The highest BCUT2D eigenvalue weighted by molar-refractivity contribution is 5.96. The predicted octanol–water partition coefficient (Wildman–Crippen LogP) is 4.86. The number of piperazine rings is 1. The average Bonchev–Trinajstić information content (AvgIpc) is 3.35. The SMILES string of the molecule is CCO[C@@H]1Cc2cc(-c3ccccn3)ccc2C1N1CCN(C2(C)CCN(C(=O)c3c(C)ncnc3C)CC2)C[C@@H]1C. The van der Waals surface area contributed by atoms with Crippen LogP contribution >= 0.6 is 0 Å². The van der Waals surface area contributed by atoms with Gasteiger partial charge >= 0.3 is 0 Å². The fourth-order valence-corrected chi connectivity index (χ4v) is 7.49. The molecule has 3 atom stereocenters. The van der Waals surface area contributed by atoms with Gasteiger partial charge in [0.1, 0.15) is 6.33 Å². The highest BCUT2D eigenvalue weighted by atomic mass is 16.5. The van der Waals surface area contributed by atoms with E-state index in [1.165, 1.54) is 23.0 Å². The van der Waals surface area contributed by atoms with E-state index in [0.29, 0.717) is 11.6 Å². The van der Waals surface area contributed by atoms with Gasteiger partial charge < -0.3 is 9.64 Å². The number of amides is 1. The van der Waals surface area contributed by atoms with Crippen LogP contribution in [0.15, 0.2) is 48.9 Å². The van der Waals surface area contributed by atoms with Crippen molar-refractivity contribution in [1.29, 1.82) is 0 Å². The molecule has 4 heterocycles. The highest BCUT2D eigenvalue weighted by Gasteiger charge is 2.44. The second-order valence-corrected chi connectivity index (χ2v) is 12.5. The first-order valence-electron chi connectivity index (χ1n) is 15.5. The van der Waals surface area contributed by atoms with E-state index in [0.717, 1.165) is 75.7 Å². The number of carbonyl (C=O) groups excluding carboxylic acids is 1. The van der Waals surface area contributed by atoms with Gasteiger partial charge in [-0.2, -0.15) is 0 Å². The molecule has 1 aromatic carbocycles. The number of ether oxygens (including phenoxy) is 1. The molecule has 1 aliphatic carbocycles. The first-order valence-corrected chi connectivity index (χ1v) is 15.5. The van der Waals surface area contributed by atoms with Crippen molar-refractivity contribution >= 4 is 5.91 Å². The Hall–Kier alpha value is -3.20. The number of piperidine rings is 1. The van der Waals surface area contributed by atoms with Crippen LogP contribution in [-0.2, 0) is 11.2 Å². The third kappa shape index (κ3) is 5.36. The maximum absolute atomic E-state index is 13.4. The molecule has 222 valence electrons. The minimum absolute atomic E-state index is 0.0684. The summed E-state index contributed by atoms with van der Waals surface area (Å²) in [5.74, 6) is 0.0684. The monoisotopic (exact) mass is 568 g/mol. The minimum Gasteiger partial charge on any atom is -0.376 e. The molecule has 8 nitrogen and oxygen atoms in total. The van der Waals surface area contributed by atoms with Crippen LogP contribution in [-0.4, -0.2) is 92.6 Å². The summed E-state index contributed by atoms with van der Waals surface area (Å²) in [5.41, 5.74) is 7.25. The summed E-state index contributed by atoms with van der Waals surface area (Å²) in [4.78, 5) is 33.9. The van der Waals surface area contributed by atoms with Crippen LogP contribution in [0.25, 0.3) is 11.3 Å². The van der Waals surface area contributed by atoms with Crippen molar-refractivity contribution in [2.24, 2.45) is 0 Å². The summed E-state index contributed by atoms with van der Waals surface area (Å²) in [6.07, 6.45) is 6.45. The number of nitrogens with zero attached hydrogens (tertiary/aromatic N) is 6. The van der Waals surface area contributed by atoms with Crippen LogP contribution in [0.5, 0.6) is 0 Å². The molecule has 0 radical (unpaired) electrons. The van der Waals surface area contributed by atoms with Crippen molar-refractivity contribution in [2.45, 2.75) is 77.6 Å². The normalized spacial score (nSPS) is 24.5. The van der Waals surface area contributed by atoms with Crippen molar-refractivity contribution in [1.82, 2.24) is 29.7 Å². The Kier molecular flexibility index (Phi) is 8.13. The van der Waals surface area contributed by atoms with Crippen LogP contribution in [0.4, 0.5) is 0 Å². The second kappa shape index (κ2) is 11.8. The largest absolute Gasteiger partial charge is 0.376 e. The molecular formula is C34H44N6O2. The first kappa shape index (κ1) is 28.9. The van der Waals surface area contributed by atoms with Crippen molar-refractivity contribution in [3.05, 3.63) is 77.0 Å². The molecule has 2 aliphatic heterocycles. The fourth-order valence-electron chi connectivity index (χ4n) is 7.49. The van der Waals surface area contributed by atoms with Gasteiger partial charge in [0, 0.05) is 69.1 Å². The van der Waals surface area contributed by atoms with E-state index in [-0.39, 0.29) is 23.6 Å². The zero-order chi connectivity index (χ0) is 29.4. The van der Waals surface area contributed by atoms with Gasteiger partial charge in [0.2, 0.25) is 0 Å². The maximum atomic E-state index is 13.4. The predicted molar refractivity (Wildman–Crippen MR) is 164 cm³/mol. The van der Waals surface area contributed by atoms with Crippen LogP contribution in [0.1, 0.15) is 72.5 Å². The molecule has 0 N–H and O–H groups in total. The molecule has 0 bridgehead atoms. The summed E-state index contributed by atoms with van der Waals surface area (Å²) in [6, 6.07) is 13.6. The van der Waals surface area contributed by atoms with Crippen molar-refractivity contribution in [2.75, 3.05) is 39.3 Å². The van der Waals surface area contributed by atoms with Gasteiger partial charge in [-0.05, 0) is 76.8 Å². The minimum atomic E-state index is 0.0684. The molecule has 0 saturated carbocycles. The number of likely N-dealkylation sites (tertiary alicyclic amines) is 1.